The van der Waals surface area contributed by atoms with Crippen molar-refractivity contribution in [1.29, 1.82) is 0 Å². The maximum Gasteiger partial charge on any atom is 0.0532 e. The second-order valence-electron chi connectivity index (χ2n) is 4.09. The predicted molar refractivity (Wildman–Crippen MR) is 52.3 cm³/mol. The zero-order valence-corrected chi connectivity index (χ0v) is 8.16. The molecule has 1 saturated heterocycles. The highest BCUT2D eigenvalue weighted by atomic mass is 15.1. The van der Waals surface area contributed by atoms with Gasteiger partial charge >= 0.3 is 0 Å². The highest BCUT2D eigenvalue weighted by Crippen LogP contribution is 2.17. The number of nitrogens with one attached hydrogen (secondary N) is 1. The standard InChI is InChI=1S/C10H17N3/c1-9-3-2-4-13(7-9)8-10-5-11-12-6-10/h5-6,9H,2-4,7-8H2,1H3,(H,11,12)/t9-/m0/s1. The van der Waals surface area contributed by atoms with Crippen molar-refractivity contribution in [1.82, 2.24) is 15.1 Å². The van der Waals surface area contributed by atoms with E-state index in [2.05, 4.69) is 22.0 Å². The van der Waals surface area contributed by atoms with Crippen molar-refractivity contribution in [2.45, 2.75) is 26.3 Å². The van der Waals surface area contributed by atoms with Gasteiger partial charge in [0.25, 0.3) is 0 Å². The number of piperidine rings is 1. The molecule has 0 aliphatic carbocycles. The van der Waals surface area contributed by atoms with Crippen LogP contribution in [0.2, 0.25) is 0 Å². The topological polar surface area (TPSA) is 31.9 Å². The largest absolute Gasteiger partial charge is 0.299 e. The number of likely N-dealkylation sites (tertiary alicyclic amines) is 1. The van der Waals surface area contributed by atoms with E-state index in [-0.39, 0.29) is 0 Å². The van der Waals surface area contributed by atoms with E-state index in [1.807, 2.05) is 12.4 Å². The van der Waals surface area contributed by atoms with Gasteiger partial charge in [0.2, 0.25) is 0 Å². The van der Waals surface area contributed by atoms with Crippen LogP contribution in [-0.4, -0.2) is 28.2 Å². The normalized spacial score (nSPS) is 24.8. The summed E-state index contributed by atoms with van der Waals surface area (Å²) in [5.74, 6) is 0.862. The van der Waals surface area contributed by atoms with Gasteiger partial charge in [-0.2, -0.15) is 5.10 Å². The van der Waals surface area contributed by atoms with Gasteiger partial charge in [-0.05, 0) is 25.3 Å². The van der Waals surface area contributed by atoms with Crippen LogP contribution in [0.3, 0.4) is 0 Å². The zero-order valence-electron chi connectivity index (χ0n) is 8.16. The Labute approximate surface area is 79.1 Å². The van der Waals surface area contributed by atoms with Gasteiger partial charge in [-0.1, -0.05) is 6.92 Å². The van der Waals surface area contributed by atoms with Crippen LogP contribution in [0.5, 0.6) is 0 Å². The Morgan fingerprint density at radius 3 is 3.31 bits per heavy atom. The third-order valence-corrected chi connectivity index (χ3v) is 2.70. The van der Waals surface area contributed by atoms with Crippen LogP contribution in [0.4, 0.5) is 0 Å². The molecule has 72 valence electrons. The minimum atomic E-state index is 0.862. The number of hydrogen-bond donors (Lipinski definition) is 1. The van der Waals surface area contributed by atoms with E-state index >= 15 is 0 Å². The minimum Gasteiger partial charge on any atom is -0.299 e. The van der Waals surface area contributed by atoms with Gasteiger partial charge in [0.1, 0.15) is 0 Å². The van der Waals surface area contributed by atoms with E-state index in [0.717, 1.165) is 12.5 Å². The average molecular weight is 179 g/mol. The lowest BCUT2D eigenvalue weighted by Gasteiger charge is -2.30. The zero-order chi connectivity index (χ0) is 9.10. The van der Waals surface area contributed by atoms with Crippen LogP contribution >= 0.6 is 0 Å². The van der Waals surface area contributed by atoms with Gasteiger partial charge in [0, 0.05) is 24.8 Å². The maximum atomic E-state index is 3.96. The Bertz CT molecular complexity index is 243. The SMILES string of the molecule is C[C@H]1CCCN(Cc2cn[nH]c2)C1. The van der Waals surface area contributed by atoms with Gasteiger partial charge in [-0.3, -0.25) is 10.00 Å². The Morgan fingerprint density at radius 1 is 1.69 bits per heavy atom. The molecule has 0 saturated carbocycles. The van der Waals surface area contributed by atoms with Crippen molar-refractivity contribution in [3.63, 3.8) is 0 Å². The molecule has 1 aliphatic heterocycles. The lowest BCUT2D eigenvalue weighted by Crippen LogP contribution is -2.33. The molecule has 3 heteroatoms. The average Bonchev–Trinajstić information content (AvgIpc) is 2.57. The lowest BCUT2D eigenvalue weighted by molar-refractivity contribution is 0.176. The van der Waals surface area contributed by atoms with Crippen LogP contribution in [0.25, 0.3) is 0 Å². The Balaban J connectivity index is 1.87. The smallest absolute Gasteiger partial charge is 0.0532 e. The highest BCUT2D eigenvalue weighted by Gasteiger charge is 2.16. The Morgan fingerprint density at radius 2 is 2.62 bits per heavy atom. The number of aromatic nitrogens is 2. The molecule has 1 aliphatic rings. The molecule has 0 radical (unpaired) electrons. The van der Waals surface area contributed by atoms with E-state index in [1.54, 1.807) is 0 Å². The summed E-state index contributed by atoms with van der Waals surface area (Å²) in [4.78, 5) is 2.51. The van der Waals surface area contributed by atoms with E-state index < -0.39 is 0 Å². The van der Waals surface area contributed by atoms with Crippen molar-refractivity contribution in [2.75, 3.05) is 13.1 Å². The molecular formula is C10H17N3. The molecule has 0 amide bonds. The summed E-state index contributed by atoms with van der Waals surface area (Å²) in [6.45, 7) is 5.88. The molecule has 1 atom stereocenters. The molecule has 0 bridgehead atoms. The molecule has 3 nitrogen and oxygen atoms in total. The monoisotopic (exact) mass is 179 g/mol. The van der Waals surface area contributed by atoms with Crippen LogP contribution in [0.1, 0.15) is 25.3 Å². The van der Waals surface area contributed by atoms with Crippen LogP contribution < -0.4 is 0 Å². The second-order valence-corrected chi connectivity index (χ2v) is 4.09. The molecular weight excluding hydrogens is 162 g/mol. The lowest BCUT2D eigenvalue weighted by atomic mass is 10.0. The van der Waals surface area contributed by atoms with Gasteiger partial charge in [0.05, 0.1) is 6.20 Å². The van der Waals surface area contributed by atoms with Gasteiger partial charge < -0.3 is 0 Å². The summed E-state index contributed by atoms with van der Waals surface area (Å²) in [6, 6.07) is 0. The first-order valence-electron chi connectivity index (χ1n) is 5.04. The molecule has 0 unspecified atom stereocenters. The first-order chi connectivity index (χ1) is 6.34. The highest BCUT2D eigenvalue weighted by molar-refractivity contribution is 5.02. The fraction of sp³-hybridized carbons (Fsp3) is 0.700. The van der Waals surface area contributed by atoms with Crippen molar-refractivity contribution < 1.29 is 0 Å². The molecule has 1 aromatic rings. The predicted octanol–water partition coefficient (Wildman–Crippen LogP) is 1.64. The molecule has 13 heavy (non-hydrogen) atoms. The minimum absolute atomic E-state index is 0.862. The fourth-order valence-electron chi connectivity index (χ4n) is 2.05. The summed E-state index contributed by atoms with van der Waals surface area (Å²) in [7, 11) is 0. The summed E-state index contributed by atoms with van der Waals surface area (Å²) >= 11 is 0. The molecule has 2 heterocycles. The van der Waals surface area contributed by atoms with Gasteiger partial charge in [-0.15, -0.1) is 0 Å². The summed E-state index contributed by atoms with van der Waals surface area (Å²) < 4.78 is 0. The van der Waals surface area contributed by atoms with Crippen LogP contribution in [0, 0.1) is 5.92 Å². The quantitative estimate of drug-likeness (QED) is 0.748. The summed E-state index contributed by atoms with van der Waals surface area (Å²) in [6.07, 6.45) is 6.64. The molecule has 1 aromatic heterocycles. The van der Waals surface area contributed by atoms with E-state index in [4.69, 9.17) is 0 Å². The van der Waals surface area contributed by atoms with Crippen LogP contribution in [0.15, 0.2) is 12.4 Å². The van der Waals surface area contributed by atoms with E-state index in [9.17, 15) is 0 Å². The molecule has 2 rings (SSSR count). The summed E-state index contributed by atoms with van der Waals surface area (Å²) in [5, 5.41) is 6.81. The van der Waals surface area contributed by atoms with Crippen molar-refractivity contribution in [3.05, 3.63) is 18.0 Å². The van der Waals surface area contributed by atoms with Crippen molar-refractivity contribution in [2.24, 2.45) is 5.92 Å². The number of nitrogens with zero attached hydrogens (tertiary/aromatic N) is 2. The van der Waals surface area contributed by atoms with Gasteiger partial charge in [0.15, 0.2) is 0 Å². The second kappa shape index (κ2) is 3.92. The molecule has 0 aromatic carbocycles. The fourth-order valence-corrected chi connectivity index (χ4v) is 2.05. The first-order valence-corrected chi connectivity index (χ1v) is 5.04. The maximum absolute atomic E-state index is 3.96. The van der Waals surface area contributed by atoms with Crippen LogP contribution in [-0.2, 0) is 6.54 Å². The third-order valence-electron chi connectivity index (χ3n) is 2.70. The van der Waals surface area contributed by atoms with E-state index in [0.29, 0.717) is 0 Å². The number of H-pyrrole nitrogens is 1. The molecule has 1 N–H and O–H groups in total. The summed E-state index contributed by atoms with van der Waals surface area (Å²) in [5.41, 5.74) is 1.30. The van der Waals surface area contributed by atoms with Gasteiger partial charge in [-0.25, -0.2) is 0 Å². The number of rotatable bonds is 2. The van der Waals surface area contributed by atoms with E-state index in [1.165, 1.54) is 31.5 Å². The van der Waals surface area contributed by atoms with Crippen molar-refractivity contribution >= 4 is 0 Å². The first kappa shape index (κ1) is 8.75. The Hall–Kier alpha value is -0.830. The number of hydrogen-bond acceptors (Lipinski definition) is 2. The number of aromatic amines is 1. The van der Waals surface area contributed by atoms with Crippen molar-refractivity contribution in [3.8, 4) is 0 Å². The molecule has 1 fully saturated rings. The molecule has 0 spiro atoms. The third kappa shape index (κ3) is 2.31. The Kier molecular flexibility index (Phi) is 2.64.